The fourth-order valence-corrected chi connectivity index (χ4v) is 3.84. The number of aryl methyl sites for hydroxylation is 1. The van der Waals surface area contributed by atoms with E-state index in [4.69, 9.17) is 0 Å². The topological polar surface area (TPSA) is 95.5 Å². The monoisotopic (exact) mass is 312 g/mol. The molecule has 1 saturated heterocycles. The van der Waals surface area contributed by atoms with Crippen LogP contribution >= 0.6 is 0 Å². The minimum Gasteiger partial charge on any atom is -0.507 e. The van der Waals surface area contributed by atoms with Crippen molar-refractivity contribution in [3.8, 4) is 5.75 Å². The first-order valence-corrected chi connectivity index (χ1v) is 8.63. The number of anilines is 1. The Balaban J connectivity index is 2.01. The second kappa shape index (κ2) is 6.03. The zero-order chi connectivity index (χ0) is 15.6. The third-order valence-corrected chi connectivity index (χ3v) is 5.38. The van der Waals surface area contributed by atoms with Crippen LogP contribution in [0, 0.1) is 13.8 Å². The predicted octanol–water partition coefficient (Wildman–Crippen LogP) is 0.724. The van der Waals surface area contributed by atoms with Crippen molar-refractivity contribution in [2.75, 3.05) is 23.4 Å². The van der Waals surface area contributed by atoms with Gasteiger partial charge in [-0.25, -0.2) is 8.42 Å². The van der Waals surface area contributed by atoms with Crippen molar-refractivity contribution in [3.63, 3.8) is 0 Å². The van der Waals surface area contributed by atoms with Crippen LogP contribution in [0.5, 0.6) is 5.75 Å². The van der Waals surface area contributed by atoms with Gasteiger partial charge in [-0.1, -0.05) is 6.07 Å². The summed E-state index contributed by atoms with van der Waals surface area (Å²) in [5.74, 6) is -0.00338. The molecule has 7 heteroatoms. The lowest BCUT2D eigenvalue weighted by Gasteiger charge is -2.23. The van der Waals surface area contributed by atoms with Gasteiger partial charge in [0.15, 0.2) is 9.84 Å². The van der Waals surface area contributed by atoms with E-state index in [1.54, 1.807) is 26.0 Å². The molecule has 1 heterocycles. The number of carbonyl (C=O) groups excluding carboxylic acids is 1. The van der Waals surface area contributed by atoms with Crippen LogP contribution in [0.25, 0.3) is 0 Å². The van der Waals surface area contributed by atoms with Gasteiger partial charge < -0.3 is 15.7 Å². The van der Waals surface area contributed by atoms with Gasteiger partial charge in [-0.15, -0.1) is 0 Å². The number of rotatable bonds is 3. The largest absolute Gasteiger partial charge is 0.507 e. The molecule has 0 bridgehead atoms. The van der Waals surface area contributed by atoms with Gasteiger partial charge in [0.05, 0.1) is 11.5 Å². The van der Waals surface area contributed by atoms with Gasteiger partial charge in [0.25, 0.3) is 0 Å². The van der Waals surface area contributed by atoms with Crippen LogP contribution in [0.3, 0.4) is 0 Å². The fourth-order valence-electron chi connectivity index (χ4n) is 2.39. The molecule has 1 aliphatic heterocycles. The van der Waals surface area contributed by atoms with Gasteiger partial charge in [-0.3, -0.25) is 4.79 Å². The van der Waals surface area contributed by atoms with E-state index in [2.05, 4.69) is 10.6 Å². The summed E-state index contributed by atoms with van der Waals surface area (Å²) in [5.41, 5.74) is 1.89. The summed E-state index contributed by atoms with van der Waals surface area (Å²) < 4.78 is 23.1. The normalized spacial score (nSPS) is 21.0. The number of hydrogen-bond acceptors (Lipinski definition) is 5. The first-order chi connectivity index (χ1) is 9.78. The summed E-state index contributed by atoms with van der Waals surface area (Å²) in [7, 11) is -3.05. The minimum atomic E-state index is -3.05. The van der Waals surface area contributed by atoms with E-state index in [-0.39, 0.29) is 35.6 Å². The van der Waals surface area contributed by atoms with Crippen molar-refractivity contribution in [1.29, 1.82) is 0 Å². The van der Waals surface area contributed by atoms with Crippen molar-refractivity contribution >= 4 is 21.4 Å². The lowest BCUT2D eigenvalue weighted by molar-refractivity contribution is -0.116. The molecule has 0 aliphatic carbocycles. The maximum atomic E-state index is 12.0. The van der Waals surface area contributed by atoms with E-state index in [1.807, 2.05) is 0 Å². The van der Waals surface area contributed by atoms with Gasteiger partial charge in [0.2, 0.25) is 5.91 Å². The number of aromatic hydroxyl groups is 1. The Hall–Kier alpha value is -1.60. The van der Waals surface area contributed by atoms with Gasteiger partial charge in [0, 0.05) is 30.3 Å². The average Bonchev–Trinajstić information content (AvgIpc) is 2.38. The first-order valence-electron chi connectivity index (χ1n) is 6.81. The van der Waals surface area contributed by atoms with E-state index in [0.717, 1.165) is 5.56 Å². The molecule has 1 fully saturated rings. The second-order valence-corrected chi connectivity index (χ2v) is 7.65. The number of amides is 1. The van der Waals surface area contributed by atoms with Crippen molar-refractivity contribution < 1.29 is 18.3 Å². The summed E-state index contributed by atoms with van der Waals surface area (Å²) >= 11 is 0. The highest BCUT2D eigenvalue weighted by atomic mass is 32.2. The SMILES string of the molecule is Cc1ccc(NC(=O)CC2CS(=O)(=O)CCN2)c(C)c1O. The number of benzene rings is 1. The molecule has 3 N–H and O–H groups in total. The maximum Gasteiger partial charge on any atom is 0.225 e. The number of phenolic OH excluding ortho intramolecular Hbond substituents is 1. The third-order valence-electron chi connectivity index (χ3n) is 3.64. The second-order valence-electron chi connectivity index (χ2n) is 5.42. The molecule has 116 valence electrons. The summed E-state index contributed by atoms with van der Waals surface area (Å²) in [6.07, 6.45) is 0.0906. The van der Waals surface area contributed by atoms with E-state index in [9.17, 15) is 18.3 Å². The predicted molar refractivity (Wildman–Crippen MR) is 81.3 cm³/mol. The zero-order valence-electron chi connectivity index (χ0n) is 12.1. The molecule has 0 saturated carbocycles. The fraction of sp³-hybridized carbons (Fsp3) is 0.500. The third kappa shape index (κ3) is 3.95. The van der Waals surface area contributed by atoms with Crippen LogP contribution < -0.4 is 10.6 Å². The highest BCUT2D eigenvalue weighted by Crippen LogP contribution is 2.28. The van der Waals surface area contributed by atoms with Crippen LogP contribution in [0.4, 0.5) is 5.69 Å². The van der Waals surface area contributed by atoms with E-state index in [1.165, 1.54) is 0 Å². The molecule has 21 heavy (non-hydrogen) atoms. The molecule has 1 aliphatic rings. The summed E-state index contributed by atoms with van der Waals surface area (Å²) in [5, 5.41) is 15.6. The smallest absolute Gasteiger partial charge is 0.225 e. The van der Waals surface area contributed by atoms with Gasteiger partial charge in [-0.2, -0.15) is 0 Å². The van der Waals surface area contributed by atoms with Crippen molar-refractivity contribution in [2.45, 2.75) is 26.3 Å². The first kappa shape index (κ1) is 15.8. The highest BCUT2D eigenvalue weighted by molar-refractivity contribution is 7.91. The maximum absolute atomic E-state index is 12.0. The molecule has 1 unspecified atom stereocenters. The van der Waals surface area contributed by atoms with Crippen LogP contribution in [0.1, 0.15) is 17.5 Å². The molecule has 2 rings (SSSR count). The van der Waals surface area contributed by atoms with Gasteiger partial charge in [0.1, 0.15) is 5.75 Å². The number of phenols is 1. The van der Waals surface area contributed by atoms with Crippen LogP contribution in [-0.2, 0) is 14.6 Å². The lowest BCUT2D eigenvalue weighted by Crippen LogP contribution is -2.46. The minimum absolute atomic E-state index is 0.0153. The zero-order valence-corrected chi connectivity index (χ0v) is 13.0. The molecule has 1 amide bonds. The molecule has 0 radical (unpaired) electrons. The Morgan fingerprint density at radius 3 is 2.81 bits per heavy atom. The Labute approximate surface area is 124 Å². The van der Waals surface area contributed by atoms with Crippen molar-refractivity contribution in [2.24, 2.45) is 0 Å². The number of nitrogens with one attached hydrogen (secondary N) is 2. The molecule has 6 nitrogen and oxygen atoms in total. The molecule has 1 aromatic carbocycles. The molecular formula is C14H20N2O4S. The summed E-state index contributed by atoms with van der Waals surface area (Å²) in [6.45, 7) is 3.89. The van der Waals surface area contributed by atoms with E-state index >= 15 is 0 Å². The standard InChI is InChI=1S/C14H20N2O4S/c1-9-3-4-12(10(2)14(9)18)16-13(17)7-11-8-21(19,20)6-5-15-11/h3-4,11,15,18H,5-8H2,1-2H3,(H,16,17). The average molecular weight is 312 g/mol. The Morgan fingerprint density at radius 1 is 1.43 bits per heavy atom. The molecule has 0 spiro atoms. The molecule has 1 atom stereocenters. The van der Waals surface area contributed by atoms with Crippen molar-refractivity contribution in [1.82, 2.24) is 5.32 Å². The van der Waals surface area contributed by atoms with Gasteiger partial charge >= 0.3 is 0 Å². The summed E-state index contributed by atoms with van der Waals surface area (Å²) in [6, 6.07) is 3.09. The van der Waals surface area contributed by atoms with Crippen LogP contribution in [0.2, 0.25) is 0 Å². The van der Waals surface area contributed by atoms with Crippen molar-refractivity contribution in [3.05, 3.63) is 23.3 Å². The number of carbonyl (C=O) groups is 1. The van der Waals surface area contributed by atoms with E-state index in [0.29, 0.717) is 17.8 Å². The lowest BCUT2D eigenvalue weighted by atomic mass is 10.1. The number of hydrogen-bond donors (Lipinski definition) is 3. The molecule has 1 aromatic rings. The van der Waals surface area contributed by atoms with Gasteiger partial charge in [-0.05, 0) is 25.5 Å². The molecule has 0 aromatic heterocycles. The molecular weight excluding hydrogens is 292 g/mol. The quantitative estimate of drug-likeness (QED) is 0.764. The highest BCUT2D eigenvalue weighted by Gasteiger charge is 2.26. The van der Waals surface area contributed by atoms with Crippen LogP contribution in [-0.4, -0.2) is 43.5 Å². The van der Waals surface area contributed by atoms with E-state index < -0.39 is 9.84 Å². The Morgan fingerprint density at radius 2 is 2.14 bits per heavy atom. The number of sulfone groups is 1. The summed E-state index contributed by atoms with van der Waals surface area (Å²) in [4.78, 5) is 12.0. The Bertz CT molecular complexity index is 655. The Kier molecular flexibility index (Phi) is 4.53. The van der Waals surface area contributed by atoms with Crippen LogP contribution in [0.15, 0.2) is 12.1 Å².